The molecule has 3 nitrogen and oxygen atoms in total. The average Bonchev–Trinajstić information content (AvgIpc) is 2.20. The van der Waals surface area contributed by atoms with E-state index in [4.69, 9.17) is 5.73 Å². The lowest BCUT2D eigenvalue weighted by atomic mass is 10.1. The second kappa shape index (κ2) is 4.28. The maximum atomic E-state index is 6.04. The topological polar surface area (TPSA) is 42.1 Å². The van der Waals surface area contributed by atoms with Crippen molar-refractivity contribution in [2.24, 2.45) is 5.73 Å². The lowest BCUT2D eigenvalue weighted by Crippen LogP contribution is -2.45. The van der Waals surface area contributed by atoms with Gasteiger partial charge in [0.1, 0.15) is 4.60 Å². The van der Waals surface area contributed by atoms with Gasteiger partial charge in [0.2, 0.25) is 0 Å². The number of aromatic nitrogens is 1. The molecule has 0 bridgehead atoms. The van der Waals surface area contributed by atoms with Gasteiger partial charge < -0.3 is 10.6 Å². The first kappa shape index (κ1) is 9.93. The van der Waals surface area contributed by atoms with Crippen LogP contribution in [0.25, 0.3) is 0 Å². The quantitative estimate of drug-likeness (QED) is 0.782. The Morgan fingerprint density at radius 1 is 1.43 bits per heavy atom. The number of nitrogens with zero attached hydrogens (tertiary/aromatic N) is 2. The van der Waals surface area contributed by atoms with Crippen molar-refractivity contribution in [3.63, 3.8) is 0 Å². The molecule has 0 spiro atoms. The van der Waals surface area contributed by atoms with E-state index in [1.807, 2.05) is 12.3 Å². The Morgan fingerprint density at radius 2 is 2.29 bits per heavy atom. The molecular weight excluding hydrogens is 242 g/mol. The van der Waals surface area contributed by atoms with Gasteiger partial charge in [-0.15, -0.1) is 0 Å². The number of piperidine rings is 1. The molecule has 1 aromatic heterocycles. The molecule has 1 aliphatic rings. The van der Waals surface area contributed by atoms with Crippen molar-refractivity contribution < 1.29 is 0 Å². The molecule has 1 atom stereocenters. The summed E-state index contributed by atoms with van der Waals surface area (Å²) < 4.78 is 0.867. The summed E-state index contributed by atoms with van der Waals surface area (Å²) in [5.74, 6) is 0. The van der Waals surface area contributed by atoms with Crippen LogP contribution < -0.4 is 10.6 Å². The number of hydrogen-bond acceptors (Lipinski definition) is 3. The lowest BCUT2D eigenvalue weighted by Gasteiger charge is -2.34. The summed E-state index contributed by atoms with van der Waals surface area (Å²) in [5.41, 5.74) is 7.16. The van der Waals surface area contributed by atoms with Crippen LogP contribution >= 0.6 is 15.9 Å². The van der Waals surface area contributed by atoms with Gasteiger partial charge in [-0.1, -0.05) is 0 Å². The highest BCUT2D eigenvalue weighted by Crippen LogP contribution is 2.22. The van der Waals surface area contributed by atoms with Crippen molar-refractivity contribution in [3.8, 4) is 0 Å². The smallest absolute Gasteiger partial charge is 0.106 e. The first-order valence-corrected chi connectivity index (χ1v) is 5.70. The molecular formula is C10H14BrN3. The van der Waals surface area contributed by atoms with Crippen LogP contribution in [0.1, 0.15) is 19.3 Å². The van der Waals surface area contributed by atoms with Crippen LogP contribution in [-0.4, -0.2) is 17.7 Å². The van der Waals surface area contributed by atoms with Crippen molar-refractivity contribution in [3.05, 3.63) is 22.9 Å². The molecule has 0 aliphatic carbocycles. The Kier molecular flexibility index (Phi) is 3.03. The molecule has 0 radical (unpaired) electrons. The predicted octanol–water partition coefficient (Wildman–Crippen LogP) is 2.12. The Balaban J connectivity index is 2.16. The summed E-state index contributed by atoms with van der Waals surface area (Å²) in [7, 11) is 0. The van der Waals surface area contributed by atoms with Gasteiger partial charge in [0.05, 0.1) is 18.1 Å². The second-order valence-electron chi connectivity index (χ2n) is 3.60. The highest BCUT2D eigenvalue weighted by atomic mass is 79.9. The molecule has 2 heterocycles. The monoisotopic (exact) mass is 255 g/mol. The fourth-order valence-corrected chi connectivity index (χ4v) is 2.05. The minimum absolute atomic E-state index is 0.159. The van der Waals surface area contributed by atoms with Crippen LogP contribution in [0.4, 0.5) is 5.69 Å². The van der Waals surface area contributed by atoms with E-state index in [2.05, 4.69) is 31.9 Å². The first-order valence-electron chi connectivity index (χ1n) is 4.91. The molecule has 4 heteroatoms. The average molecular weight is 256 g/mol. The van der Waals surface area contributed by atoms with Crippen LogP contribution in [0.15, 0.2) is 22.9 Å². The Hall–Kier alpha value is -0.610. The summed E-state index contributed by atoms with van der Waals surface area (Å²) in [6, 6.07) is 4.01. The lowest BCUT2D eigenvalue weighted by molar-refractivity contribution is 0.470. The molecule has 1 unspecified atom stereocenters. The molecule has 0 aromatic carbocycles. The molecule has 1 aliphatic heterocycles. The zero-order chi connectivity index (χ0) is 9.97. The van der Waals surface area contributed by atoms with E-state index in [0.29, 0.717) is 0 Å². The van der Waals surface area contributed by atoms with Crippen LogP contribution in [0.3, 0.4) is 0 Å². The normalized spacial score (nSPS) is 22.4. The van der Waals surface area contributed by atoms with E-state index < -0.39 is 0 Å². The van der Waals surface area contributed by atoms with Crippen molar-refractivity contribution in [2.45, 2.75) is 25.4 Å². The molecule has 2 N–H and O–H groups in total. The van der Waals surface area contributed by atoms with E-state index in [9.17, 15) is 0 Å². The molecule has 2 rings (SSSR count). The van der Waals surface area contributed by atoms with Gasteiger partial charge in [-0.05, 0) is 47.3 Å². The van der Waals surface area contributed by atoms with E-state index in [1.54, 1.807) is 0 Å². The fourth-order valence-electron chi connectivity index (χ4n) is 1.82. The number of anilines is 1. The van der Waals surface area contributed by atoms with Gasteiger partial charge in [-0.3, -0.25) is 0 Å². The van der Waals surface area contributed by atoms with Crippen molar-refractivity contribution >= 4 is 21.6 Å². The van der Waals surface area contributed by atoms with Crippen LogP contribution in [0.5, 0.6) is 0 Å². The Morgan fingerprint density at radius 3 is 2.93 bits per heavy atom. The first-order chi connectivity index (χ1) is 6.77. The number of hydrogen-bond donors (Lipinski definition) is 1. The van der Waals surface area contributed by atoms with Gasteiger partial charge in [0.25, 0.3) is 0 Å². The summed E-state index contributed by atoms with van der Waals surface area (Å²) in [5, 5.41) is 0. The number of halogens is 1. The summed E-state index contributed by atoms with van der Waals surface area (Å²) in [6.07, 6.45) is 5.57. The van der Waals surface area contributed by atoms with Gasteiger partial charge in [0, 0.05) is 6.54 Å². The van der Waals surface area contributed by atoms with E-state index >= 15 is 0 Å². The molecule has 14 heavy (non-hydrogen) atoms. The second-order valence-corrected chi connectivity index (χ2v) is 4.41. The zero-order valence-electron chi connectivity index (χ0n) is 7.99. The van der Waals surface area contributed by atoms with Crippen molar-refractivity contribution in [1.29, 1.82) is 0 Å². The molecule has 0 amide bonds. The minimum atomic E-state index is 0.159. The summed E-state index contributed by atoms with van der Waals surface area (Å²) >= 11 is 3.32. The highest BCUT2D eigenvalue weighted by Gasteiger charge is 2.18. The molecule has 1 fully saturated rings. The highest BCUT2D eigenvalue weighted by molar-refractivity contribution is 9.10. The van der Waals surface area contributed by atoms with Gasteiger partial charge in [-0.2, -0.15) is 0 Å². The number of pyridine rings is 1. The molecule has 76 valence electrons. The third-order valence-corrected chi connectivity index (χ3v) is 3.06. The maximum Gasteiger partial charge on any atom is 0.106 e. The summed E-state index contributed by atoms with van der Waals surface area (Å²) in [6.45, 7) is 1.05. The van der Waals surface area contributed by atoms with Gasteiger partial charge in [0.15, 0.2) is 0 Å². The predicted molar refractivity (Wildman–Crippen MR) is 61.1 cm³/mol. The Bertz CT molecular complexity index is 299. The Labute approximate surface area is 92.4 Å². The molecule has 1 saturated heterocycles. The van der Waals surface area contributed by atoms with E-state index in [1.165, 1.54) is 12.8 Å². The zero-order valence-corrected chi connectivity index (χ0v) is 9.57. The van der Waals surface area contributed by atoms with Crippen molar-refractivity contribution in [2.75, 3.05) is 11.4 Å². The summed E-state index contributed by atoms with van der Waals surface area (Å²) in [4.78, 5) is 6.43. The molecule has 0 saturated carbocycles. The third kappa shape index (κ3) is 2.07. The van der Waals surface area contributed by atoms with E-state index in [-0.39, 0.29) is 6.17 Å². The SMILES string of the molecule is NC1CCCCN1c1ccc(Br)nc1. The van der Waals surface area contributed by atoms with Crippen LogP contribution in [-0.2, 0) is 0 Å². The van der Waals surface area contributed by atoms with Gasteiger partial charge in [-0.25, -0.2) is 4.98 Å². The minimum Gasteiger partial charge on any atom is -0.355 e. The number of nitrogens with two attached hydrogens (primary N) is 1. The van der Waals surface area contributed by atoms with Crippen LogP contribution in [0, 0.1) is 0 Å². The van der Waals surface area contributed by atoms with E-state index in [0.717, 1.165) is 23.3 Å². The van der Waals surface area contributed by atoms with Crippen molar-refractivity contribution in [1.82, 2.24) is 4.98 Å². The fraction of sp³-hybridized carbons (Fsp3) is 0.500. The number of rotatable bonds is 1. The largest absolute Gasteiger partial charge is 0.355 e. The molecule has 1 aromatic rings. The van der Waals surface area contributed by atoms with Crippen LogP contribution in [0.2, 0.25) is 0 Å². The van der Waals surface area contributed by atoms with Gasteiger partial charge >= 0.3 is 0 Å². The maximum absolute atomic E-state index is 6.04. The standard InChI is InChI=1S/C10H14BrN3/c11-9-5-4-8(7-13-9)14-6-2-1-3-10(14)12/h4-5,7,10H,1-3,6,12H2. The third-order valence-electron chi connectivity index (χ3n) is 2.59.